The Balaban J connectivity index is 1.41. The number of aryl methyl sites for hydroxylation is 2. The lowest BCUT2D eigenvalue weighted by molar-refractivity contribution is 0.102. The molecule has 0 bridgehead atoms. The molecule has 0 saturated heterocycles. The molecule has 0 aliphatic heterocycles. The van der Waals surface area contributed by atoms with Crippen LogP contribution in [0.3, 0.4) is 0 Å². The van der Waals surface area contributed by atoms with Gasteiger partial charge in [0.2, 0.25) is 5.43 Å². The van der Waals surface area contributed by atoms with Crippen molar-refractivity contribution in [3.05, 3.63) is 99.6 Å². The van der Waals surface area contributed by atoms with Crippen LogP contribution in [0.2, 0.25) is 0 Å². The maximum Gasteiger partial charge on any atom is 0.261 e. The first kappa shape index (κ1) is 29.2. The molecule has 0 aliphatic rings. The number of fused-ring (bicyclic) bond motifs is 1. The number of pyridine rings is 3. The summed E-state index contributed by atoms with van der Waals surface area (Å²) >= 11 is 0. The topological polar surface area (TPSA) is 115 Å². The van der Waals surface area contributed by atoms with E-state index < -0.39 is 23.0 Å². The molecule has 5 rings (SSSR count). The number of aromatic amines is 1. The molecule has 0 fully saturated rings. The van der Waals surface area contributed by atoms with E-state index in [9.17, 15) is 14.0 Å². The van der Waals surface area contributed by atoms with E-state index in [0.717, 1.165) is 6.07 Å². The molecule has 0 spiro atoms. The van der Waals surface area contributed by atoms with Crippen molar-refractivity contribution in [2.24, 2.45) is 0 Å². The molecule has 9 nitrogen and oxygen atoms in total. The number of aromatic nitrogens is 3. The Kier molecular flexibility index (Phi) is 8.07. The Morgan fingerprint density at radius 2 is 1.79 bits per heavy atom. The molecule has 220 valence electrons. The van der Waals surface area contributed by atoms with Crippen LogP contribution in [0.15, 0.2) is 65.7 Å². The molecule has 0 unspecified atom stereocenters. The van der Waals surface area contributed by atoms with Gasteiger partial charge in [0.15, 0.2) is 23.1 Å². The first-order chi connectivity index (χ1) is 20.5. The molecular weight excluding hydrogens is 558 g/mol. The maximum absolute atomic E-state index is 15.2. The third-order valence-corrected chi connectivity index (χ3v) is 6.57. The van der Waals surface area contributed by atoms with Crippen LogP contribution in [-0.2, 0) is 0 Å². The predicted molar refractivity (Wildman–Crippen MR) is 158 cm³/mol. The number of methoxy groups -OCH3 is 1. The van der Waals surface area contributed by atoms with Gasteiger partial charge in [-0.25, -0.2) is 13.8 Å². The van der Waals surface area contributed by atoms with Crippen molar-refractivity contribution < 1.29 is 27.8 Å². The highest BCUT2D eigenvalue weighted by molar-refractivity contribution is 6.04. The number of nitrogens with zero attached hydrogens (tertiary/aromatic N) is 2. The number of H-pyrrole nitrogens is 1. The molecule has 2 aromatic carbocycles. The van der Waals surface area contributed by atoms with Gasteiger partial charge in [-0.2, -0.15) is 0 Å². The minimum Gasteiger partial charge on any atom is -0.491 e. The second-order valence-electron chi connectivity index (χ2n) is 10.0. The van der Waals surface area contributed by atoms with Gasteiger partial charge in [0, 0.05) is 47.5 Å². The number of carbonyl (C=O) groups is 1. The lowest BCUT2D eigenvalue weighted by Crippen LogP contribution is -2.24. The minimum atomic E-state index is -0.768. The quantitative estimate of drug-likeness (QED) is 0.207. The Labute approximate surface area is 245 Å². The van der Waals surface area contributed by atoms with Gasteiger partial charge < -0.3 is 24.5 Å². The third kappa shape index (κ3) is 6.01. The Morgan fingerprint density at radius 1 is 1.00 bits per heavy atom. The van der Waals surface area contributed by atoms with E-state index in [4.69, 9.17) is 14.2 Å². The van der Waals surface area contributed by atoms with Crippen LogP contribution in [0.5, 0.6) is 23.1 Å². The molecule has 0 aliphatic carbocycles. The lowest BCUT2D eigenvalue weighted by Gasteiger charge is -2.15. The van der Waals surface area contributed by atoms with Crippen LogP contribution in [0.25, 0.3) is 22.2 Å². The fourth-order valence-corrected chi connectivity index (χ4v) is 4.55. The number of hydrogen-bond donors (Lipinski definition) is 2. The fourth-order valence-electron chi connectivity index (χ4n) is 4.55. The van der Waals surface area contributed by atoms with Crippen molar-refractivity contribution >= 4 is 22.6 Å². The standard InChI is InChI=1S/C32H28F2N4O5/c1-16(2)42-32-27(41-5)14-24-29(38-32)26(10-11-35-24)43-25-9-7-20(13-23(25)34)37-31(40)22-15-36-18(4)28(30(22)39)21-8-6-19(33)12-17(21)3/h6-16H,1-5H3,(H,36,39)(H,37,40). The van der Waals surface area contributed by atoms with E-state index >= 15 is 4.39 Å². The predicted octanol–water partition coefficient (Wildman–Crippen LogP) is 6.72. The average molecular weight is 587 g/mol. The van der Waals surface area contributed by atoms with Crippen molar-refractivity contribution in [2.45, 2.75) is 33.8 Å². The van der Waals surface area contributed by atoms with E-state index in [-0.39, 0.29) is 40.3 Å². The van der Waals surface area contributed by atoms with Crippen molar-refractivity contribution in [2.75, 3.05) is 12.4 Å². The van der Waals surface area contributed by atoms with Gasteiger partial charge in [-0.05, 0) is 63.1 Å². The van der Waals surface area contributed by atoms with Crippen LogP contribution in [-0.4, -0.2) is 34.1 Å². The molecule has 3 aromatic heterocycles. The number of ether oxygens (including phenoxy) is 3. The smallest absolute Gasteiger partial charge is 0.261 e. The molecule has 0 atom stereocenters. The number of carbonyl (C=O) groups excluding carboxylic acids is 1. The number of rotatable bonds is 8. The highest BCUT2D eigenvalue weighted by atomic mass is 19.1. The summed E-state index contributed by atoms with van der Waals surface area (Å²) in [6, 6.07) is 11.1. The van der Waals surface area contributed by atoms with Crippen LogP contribution in [0.1, 0.15) is 35.5 Å². The summed E-state index contributed by atoms with van der Waals surface area (Å²) in [5.41, 5.74) is 1.97. The van der Waals surface area contributed by atoms with Crippen molar-refractivity contribution in [1.82, 2.24) is 15.0 Å². The zero-order valence-corrected chi connectivity index (χ0v) is 24.0. The average Bonchev–Trinajstić information content (AvgIpc) is 2.95. The molecule has 11 heteroatoms. The summed E-state index contributed by atoms with van der Waals surface area (Å²) in [6.07, 6.45) is 2.61. The maximum atomic E-state index is 15.2. The number of halogens is 2. The summed E-state index contributed by atoms with van der Waals surface area (Å²) in [5.74, 6) is -1.21. The summed E-state index contributed by atoms with van der Waals surface area (Å²) in [4.78, 5) is 38.1. The summed E-state index contributed by atoms with van der Waals surface area (Å²) in [7, 11) is 1.49. The molecule has 0 radical (unpaired) electrons. The van der Waals surface area contributed by atoms with Crippen molar-refractivity contribution in [1.29, 1.82) is 0 Å². The molecule has 3 heterocycles. The monoisotopic (exact) mass is 586 g/mol. The van der Waals surface area contributed by atoms with Crippen LogP contribution < -0.4 is 25.0 Å². The zero-order chi connectivity index (χ0) is 30.8. The zero-order valence-electron chi connectivity index (χ0n) is 24.0. The molecule has 0 saturated carbocycles. The summed E-state index contributed by atoms with van der Waals surface area (Å²) < 4.78 is 45.8. The largest absolute Gasteiger partial charge is 0.491 e. The van der Waals surface area contributed by atoms with E-state index in [1.165, 1.54) is 49.8 Å². The lowest BCUT2D eigenvalue weighted by atomic mass is 9.97. The Hall–Kier alpha value is -5.32. The van der Waals surface area contributed by atoms with Gasteiger partial charge in [0.1, 0.15) is 16.9 Å². The van der Waals surface area contributed by atoms with E-state index in [1.807, 2.05) is 13.8 Å². The van der Waals surface area contributed by atoms with Gasteiger partial charge >= 0.3 is 0 Å². The SMILES string of the molecule is COc1cc2nccc(Oc3ccc(NC(=O)c4c[nH]c(C)c(-c5ccc(F)cc5C)c4=O)cc3F)c2nc1OC(C)C. The molecule has 2 N–H and O–H groups in total. The van der Waals surface area contributed by atoms with Gasteiger partial charge in [0.05, 0.1) is 18.7 Å². The van der Waals surface area contributed by atoms with E-state index in [0.29, 0.717) is 33.6 Å². The Bertz CT molecular complexity index is 1920. The normalized spacial score (nSPS) is 11.1. The number of anilines is 1. The van der Waals surface area contributed by atoms with Crippen molar-refractivity contribution in [3.63, 3.8) is 0 Å². The summed E-state index contributed by atoms with van der Waals surface area (Å²) in [5, 5.41) is 2.55. The van der Waals surface area contributed by atoms with Gasteiger partial charge in [0.25, 0.3) is 11.8 Å². The van der Waals surface area contributed by atoms with E-state index in [2.05, 4.69) is 20.3 Å². The molecule has 1 amide bonds. The second kappa shape index (κ2) is 11.9. The highest BCUT2D eigenvalue weighted by Gasteiger charge is 2.20. The summed E-state index contributed by atoms with van der Waals surface area (Å²) in [6.45, 7) is 7.06. The fraction of sp³-hybridized carbons (Fsp3) is 0.188. The highest BCUT2D eigenvalue weighted by Crippen LogP contribution is 2.35. The second-order valence-corrected chi connectivity index (χ2v) is 10.0. The molecule has 5 aromatic rings. The van der Waals surface area contributed by atoms with E-state index in [1.54, 1.807) is 26.0 Å². The number of benzene rings is 2. The third-order valence-electron chi connectivity index (χ3n) is 6.57. The first-order valence-electron chi connectivity index (χ1n) is 13.3. The number of amides is 1. The minimum absolute atomic E-state index is 0.101. The molecular formula is C32H28F2N4O5. The molecule has 43 heavy (non-hydrogen) atoms. The van der Waals surface area contributed by atoms with Crippen LogP contribution in [0, 0.1) is 25.5 Å². The number of hydrogen-bond acceptors (Lipinski definition) is 7. The Morgan fingerprint density at radius 3 is 2.49 bits per heavy atom. The van der Waals surface area contributed by atoms with Crippen LogP contribution in [0.4, 0.5) is 14.5 Å². The first-order valence-corrected chi connectivity index (χ1v) is 13.3. The van der Waals surface area contributed by atoms with Gasteiger partial charge in [-0.3, -0.25) is 14.6 Å². The van der Waals surface area contributed by atoms with Crippen molar-refractivity contribution in [3.8, 4) is 34.3 Å². The van der Waals surface area contributed by atoms with Crippen LogP contribution >= 0.6 is 0 Å². The van der Waals surface area contributed by atoms with Gasteiger partial charge in [-0.15, -0.1) is 0 Å². The number of nitrogens with one attached hydrogen (secondary N) is 2. The van der Waals surface area contributed by atoms with Gasteiger partial charge in [-0.1, -0.05) is 6.07 Å².